The first kappa shape index (κ1) is 39.5. The van der Waals surface area contributed by atoms with Crippen molar-refractivity contribution in [3.05, 3.63) is 0 Å². The van der Waals surface area contributed by atoms with Gasteiger partial charge >= 0.3 is 0 Å². The maximum Gasteiger partial charge on any atom is 0.203 e. The van der Waals surface area contributed by atoms with Crippen LogP contribution in [0.15, 0.2) is 0 Å². The van der Waals surface area contributed by atoms with Crippen molar-refractivity contribution in [2.75, 3.05) is 0 Å². The van der Waals surface area contributed by atoms with Crippen LogP contribution in [0.3, 0.4) is 0 Å². The number of hydrogen-bond acceptors (Lipinski definition) is 11. The van der Waals surface area contributed by atoms with Gasteiger partial charge in [-0.3, -0.25) is 43.2 Å². The van der Waals surface area contributed by atoms with Crippen molar-refractivity contribution in [1.82, 2.24) is 0 Å². The molecular weight excluding hydrogens is 536 g/mol. The van der Waals surface area contributed by atoms with Crippen LogP contribution in [-0.4, -0.2) is 63.6 Å². The summed E-state index contributed by atoms with van der Waals surface area (Å²) in [6, 6.07) is 0. The molecular formula is C30H42O11. The van der Waals surface area contributed by atoms with Gasteiger partial charge in [-0.05, 0) is 88.0 Å². The molecule has 0 heterocycles. The molecule has 0 aliphatic rings. The number of hydrogen-bond donors (Lipinski definition) is 0. The Hall–Kier alpha value is -3.63. The Bertz CT molecular complexity index is 1050. The standard InChI is InChI=1S/C16H22O6.C14H20O5/c1-9(17)7-6-8-14(10(2)18)15(22)16(11(3)19,12(4)20)13(5)21;1-9(15)7-5-6-8-13(19)14(10(2)16,11(3)17)12(4)18/h14H,6-8H2,1-5H3;5-8H2,1-4H3. The number of rotatable bonds is 19. The first-order valence-electron chi connectivity index (χ1n) is 13.3. The normalized spacial score (nSPS) is 11.7. The molecule has 0 saturated carbocycles. The van der Waals surface area contributed by atoms with Crippen LogP contribution in [-0.2, 0) is 52.7 Å². The fraction of sp³-hybridized carbons (Fsp3) is 0.633. The van der Waals surface area contributed by atoms with Crippen LogP contribution in [0, 0.1) is 16.7 Å². The first-order valence-corrected chi connectivity index (χ1v) is 13.3. The zero-order valence-corrected chi connectivity index (χ0v) is 25.5. The topological polar surface area (TPSA) is 188 Å². The average molecular weight is 579 g/mol. The highest BCUT2D eigenvalue weighted by Gasteiger charge is 2.55. The van der Waals surface area contributed by atoms with Crippen molar-refractivity contribution in [3.8, 4) is 0 Å². The predicted molar refractivity (Wildman–Crippen MR) is 147 cm³/mol. The zero-order valence-electron chi connectivity index (χ0n) is 25.5. The number of Topliss-reactive ketones (excluding diaryl/α,β-unsaturated/α-hetero) is 11. The molecule has 228 valence electrons. The minimum Gasteiger partial charge on any atom is -0.300 e. The second-order valence-corrected chi connectivity index (χ2v) is 10.3. The molecule has 0 rings (SSSR count). The Kier molecular flexibility index (Phi) is 16.6. The van der Waals surface area contributed by atoms with E-state index < -0.39 is 68.8 Å². The second-order valence-electron chi connectivity index (χ2n) is 10.3. The van der Waals surface area contributed by atoms with E-state index >= 15 is 0 Å². The highest BCUT2D eigenvalue weighted by molar-refractivity contribution is 6.40. The van der Waals surface area contributed by atoms with Crippen LogP contribution < -0.4 is 0 Å². The zero-order chi connectivity index (χ0) is 32.9. The van der Waals surface area contributed by atoms with E-state index in [0.717, 1.165) is 41.5 Å². The van der Waals surface area contributed by atoms with Gasteiger partial charge in [0, 0.05) is 19.3 Å². The molecule has 11 nitrogen and oxygen atoms in total. The highest BCUT2D eigenvalue weighted by Crippen LogP contribution is 2.30. The summed E-state index contributed by atoms with van der Waals surface area (Å²) in [5.74, 6) is -8.32. The predicted octanol–water partition coefficient (Wildman–Crippen LogP) is 2.73. The van der Waals surface area contributed by atoms with Crippen LogP contribution in [0.2, 0.25) is 0 Å². The molecule has 0 aromatic heterocycles. The monoisotopic (exact) mass is 578 g/mol. The molecule has 1 atom stereocenters. The largest absolute Gasteiger partial charge is 0.300 e. The van der Waals surface area contributed by atoms with Gasteiger partial charge in [0.15, 0.2) is 46.3 Å². The summed E-state index contributed by atoms with van der Waals surface area (Å²) < 4.78 is 0. The van der Waals surface area contributed by atoms with Gasteiger partial charge in [0.05, 0.1) is 5.92 Å². The maximum absolute atomic E-state index is 12.6. The smallest absolute Gasteiger partial charge is 0.203 e. The third-order valence-electron chi connectivity index (χ3n) is 6.97. The molecule has 11 heteroatoms. The minimum absolute atomic E-state index is 0.0171. The summed E-state index contributed by atoms with van der Waals surface area (Å²) in [5.41, 5.74) is -4.55. The summed E-state index contributed by atoms with van der Waals surface area (Å²) in [6.45, 7) is 10.2. The molecule has 0 radical (unpaired) electrons. The third kappa shape index (κ3) is 10.1. The SMILES string of the molecule is CC(=O)CCCC(C(C)=O)C(=O)C(C(C)=O)(C(C)=O)C(C)=O.CC(=O)CCCCC(=O)C(C(C)=O)(C(C)=O)C(C)=O. The number of unbranched alkanes of at least 4 members (excludes halogenated alkanes) is 1. The van der Waals surface area contributed by atoms with Crippen LogP contribution >= 0.6 is 0 Å². The maximum atomic E-state index is 12.6. The van der Waals surface area contributed by atoms with E-state index in [9.17, 15) is 52.7 Å². The molecule has 41 heavy (non-hydrogen) atoms. The Morgan fingerprint density at radius 3 is 1.05 bits per heavy atom. The van der Waals surface area contributed by atoms with Crippen molar-refractivity contribution in [2.45, 2.75) is 107 Å². The van der Waals surface area contributed by atoms with E-state index in [4.69, 9.17) is 0 Å². The van der Waals surface area contributed by atoms with Crippen molar-refractivity contribution < 1.29 is 52.7 Å². The van der Waals surface area contributed by atoms with Gasteiger partial charge in [-0.1, -0.05) is 0 Å². The second kappa shape index (κ2) is 17.2. The summed E-state index contributed by atoms with van der Waals surface area (Å²) >= 11 is 0. The molecule has 0 aliphatic heterocycles. The molecule has 0 aromatic carbocycles. The Morgan fingerprint density at radius 1 is 0.439 bits per heavy atom. The quantitative estimate of drug-likeness (QED) is 0.162. The average Bonchev–Trinajstić information content (AvgIpc) is 2.78. The number of carbonyl (C=O) groups excluding carboxylic acids is 11. The van der Waals surface area contributed by atoms with Gasteiger partial charge in [-0.2, -0.15) is 0 Å². The van der Waals surface area contributed by atoms with E-state index in [1.54, 1.807) is 0 Å². The summed E-state index contributed by atoms with van der Waals surface area (Å²) in [7, 11) is 0. The fourth-order valence-electron chi connectivity index (χ4n) is 4.78. The molecule has 0 fully saturated rings. The lowest BCUT2D eigenvalue weighted by molar-refractivity contribution is -0.157. The molecule has 0 N–H and O–H groups in total. The number of ketones is 11. The molecule has 0 bridgehead atoms. The Morgan fingerprint density at radius 2 is 0.756 bits per heavy atom. The lowest BCUT2D eigenvalue weighted by Crippen LogP contribution is -2.53. The number of carbonyl (C=O) groups is 11. The van der Waals surface area contributed by atoms with Crippen LogP contribution in [0.25, 0.3) is 0 Å². The van der Waals surface area contributed by atoms with Crippen molar-refractivity contribution in [1.29, 1.82) is 0 Å². The van der Waals surface area contributed by atoms with E-state index in [2.05, 4.69) is 0 Å². The van der Waals surface area contributed by atoms with Crippen LogP contribution in [0.5, 0.6) is 0 Å². The fourth-order valence-corrected chi connectivity index (χ4v) is 4.78. The molecule has 1 unspecified atom stereocenters. The summed E-state index contributed by atoms with van der Waals surface area (Å²) in [4.78, 5) is 129. The van der Waals surface area contributed by atoms with Gasteiger partial charge in [0.2, 0.25) is 10.8 Å². The first-order chi connectivity index (χ1) is 18.7. The highest BCUT2D eigenvalue weighted by atomic mass is 16.2. The molecule has 0 aromatic rings. The van der Waals surface area contributed by atoms with Gasteiger partial charge in [0.1, 0.15) is 17.3 Å². The van der Waals surface area contributed by atoms with Gasteiger partial charge in [0.25, 0.3) is 0 Å². The minimum atomic E-state index is -2.41. The van der Waals surface area contributed by atoms with Crippen molar-refractivity contribution >= 4 is 63.6 Å². The Labute approximate surface area is 240 Å². The molecule has 0 saturated heterocycles. The lowest BCUT2D eigenvalue weighted by Gasteiger charge is -2.27. The molecule has 0 aliphatic carbocycles. The third-order valence-corrected chi connectivity index (χ3v) is 6.97. The van der Waals surface area contributed by atoms with Crippen LogP contribution in [0.1, 0.15) is 107 Å². The van der Waals surface area contributed by atoms with E-state index in [1.807, 2.05) is 0 Å². The van der Waals surface area contributed by atoms with Gasteiger partial charge in [-0.25, -0.2) is 0 Å². The van der Waals surface area contributed by atoms with E-state index in [1.165, 1.54) is 20.8 Å². The summed E-state index contributed by atoms with van der Waals surface area (Å²) in [6.07, 6.45) is 1.67. The van der Waals surface area contributed by atoms with Crippen LogP contribution in [0.4, 0.5) is 0 Å². The molecule has 0 spiro atoms. The van der Waals surface area contributed by atoms with Crippen molar-refractivity contribution in [2.24, 2.45) is 16.7 Å². The lowest BCUT2D eigenvalue weighted by atomic mass is 9.68. The van der Waals surface area contributed by atoms with E-state index in [0.29, 0.717) is 19.3 Å². The van der Waals surface area contributed by atoms with Gasteiger partial charge in [-0.15, -0.1) is 0 Å². The van der Waals surface area contributed by atoms with Crippen molar-refractivity contribution in [3.63, 3.8) is 0 Å². The summed E-state index contributed by atoms with van der Waals surface area (Å²) in [5, 5.41) is 0. The molecule has 0 amide bonds. The van der Waals surface area contributed by atoms with Gasteiger partial charge < -0.3 is 9.59 Å². The van der Waals surface area contributed by atoms with E-state index in [-0.39, 0.29) is 37.2 Å². The Balaban J connectivity index is 0.